The second-order valence-electron chi connectivity index (χ2n) is 5.87. The lowest BCUT2D eigenvalue weighted by molar-refractivity contribution is -0.118. The molecule has 0 saturated carbocycles. The maximum Gasteiger partial charge on any atom is 0.319 e. The summed E-state index contributed by atoms with van der Waals surface area (Å²) < 4.78 is 26.2. The zero-order valence-corrected chi connectivity index (χ0v) is 13.6. The van der Waals surface area contributed by atoms with Gasteiger partial charge in [-0.15, -0.1) is 0 Å². The fourth-order valence-corrected chi connectivity index (χ4v) is 2.73. The first-order chi connectivity index (χ1) is 11.9. The van der Waals surface area contributed by atoms with Gasteiger partial charge in [-0.25, -0.2) is 13.6 Å². The lowest BCUT2D eigenvalue weighted by Crippen LogP contribution is -2.43. The minimum Gasteiger partial charge on any atom is -0.326 e. The quantitative estimate of drug-likeness (QED) is 0.897. The molecule has 0 radical (unpaired) electrons. The van der Waals surface area contributed by atoms with E-state index in [0.29, 0.717) is 29.9 Å². The minimum atomic E-state index is -0.661. The number of benzene rings is 2. The first-order valence-corrected chi connectivity index (χ1v) is 7.84. The Morgan fingerprint density at radius 2 is 1.88 bits per heavy atom. The van der Waals surface area contributed by atoms with E-state index in [0.717, 1.165) is 0 Å². The normalized spacial score (nSPS) is 16.8. The number of aryl methyl sites for hydroxylation is 1. The molecule has 0 aromatic heterocycles. The number of halogens is 2. The summed E-state index contributed by atoms with van der Waals surface area (Å²) >= 11 is 0. The van der Waals surface area contributed by atoms with Gasteiger partial charge < -0.3 is 15.5 Å². The zero-order chi connectivity index (χ0) is 18.0. The first-order valence-electron chi connectivity index (χ1n) is 7.84. The number of anilines is 2. The van der Waals surface area contributed by atoms with Gasteiger partial charge in [0, 0.05) is 17.9 Å². The molecule has 5 nitrogen and oxygen atoms in total. The third-order valence-corrected chi connectivity index (χ3v) is 4.07. The molecular formula is C18H17F2N3O2. The average Bonchev–Trinajstić information content (AvgIpc) is 2.93. The third-order valence-electron chi connectivity index (χ3n) is 4.07. The Balaban J connectivity index is 1.62. The van der Waals surface area contributed by atoms with E-state index in [1.54, 1.807) is 19.1 Å². The van der Waals surface area contributed by atoms with E-state index in [1.165, 1.54) is 35.2 Å². The van der Waals surface area contributed by atoms with E-state index in [1.807, 2.05) is 0 Å². The van der Waals surface area contributed by atoms with Crippen molar-refractivity contribution in [2.45, 2.75) is 19.4 Å². The maximum absolute atomic E-state index is 13.4. The summed E-state index contributed by atoms with van der Waals surface area (Å²) in [5.41, 5.74) is 1.48. The summed E-state index contributed by atoms with van der Waals surface area (Å²) in [6.07, 6.45) is 0.450. The van der Waals surface area contributed by atoms with Crippen LogP contribution in [0.4, 0.5) is 25.0 Å². The van der Waals surface area contributed by atoms with Crippen LogP contribution in [-0.4, -0.2) is 24.5 Å². The molecule has 130 valence electrons. The molecule has 2 aromatic rings. The Morgan fingerprint density at radius 3 is 2.56 bits per heavy atom. The third kappa shape index (κ3) is 3.76. The van der Waals surface area contributed by atoms with Crippen LogP contribution in [0.1, 0.15) is 12.0 Å². The molecule has 7 heteroatoms. The van der Waals surface area contributed by atoms with Gasteiger partial charge >= 0.3 is 6.03 Å². The number of carbonyl (C=O) groups is 2. The number of nitrogens with zero attached hydrogens (tertiary/aromatic N) is 1. The highest BCUT2D eigenvalue weighted by Gasteiger charge is 2.33. The number of urea groups is 1. The van der Waals surface area contributed by atoms with Crippen LogP contribution in [-0.2, 0) is 4.79 Å². The van der Waals surface area contributed by atoms with Crippen molar-refractivity contribution in [2.24, 2.45) is 0 Å². The van der Waals surface area contributed by atoms with Crippen LogP contribution < -0.4 is 15.5 Å². The molecule has 3 rings (SSSR count). The van der Waals surface area contributed by atoms with Crippen molar-refractivity contribution in [3.63, 3.8) is 0 Å². The van der Waals surface area contributed by atoms with Gasteiger partial charge in [0.05, 0.1) is 0 Å². The molecule has 1 fully saturated rings. The van der Waals surface area contributed by atoms with E-state index >= 15 is 0 Å². The Bertz CT molecular complexity index is 808. The molecule has 1 saturated heterocycles. The summed E-state index contributed by atoms with van der Waals surface area (Å²) in [4.78, 5) is 26.0. The molecule has 1 aliphatic rings. The highest BCUT2D eigenvalue weighted by molar-refractivity contribution is 6.02. The van der Waals surface area contributed by atoms with Crippen LogP contribution in [0.15, 0.2) is 42.5 Å². The molecule has 2 aromatic carbocycles. The number of carbonyl (C=O) groups excluding carboxylic acids is 2. The summed E-state index contributed by atoms with van der Waals surface area (Å²) in [6.45, 7) is 2.07. The fourth-order valence-electron chi connectivity index (χ4n) is 2.73. The van der Waals surface area contributed by atoms with Crippen LogP contribution in [0.5, 0.6) is 0 Å². The Labute approximate surface area is 143 Å². The minimum absolute atomic E-state index is 0.250. The Hall–Kier alpha value is -2.96. The number of hydrogen-bond donors (Lipinski definition) is 2. The fraction of sp³-hybridized carbons (Fsp3) is 0.222. The van der Waals surface area contributed by atoms with Crippen LogP contribution >= 0.6 is 0 Å². The molecular weight excluding hydrogens is 328 g/mol. The van der Waals surface area contributed by atoms with E-state index < -0.39 is 17.9 Å². The van der Waals surface area contributed by atoms with Gasteiger partial charge in [-0.1, -0.05) is 0 Å². The van der Waals surface area contributed by atoms with Gasteiger partial charge in [0.2, 0.25) is 5.91 Å². The monoisotopic (exact) mass is 345 g/mol. The highest BCUT2D eigenvalue weighted by atomic mass is 19.1. The predicted octanol–water partition coefficient (Wildman–Crippen LogP) is 3.20. The van der Waals surface area contributed by atoms with Gasteiger partial charge in [-0.05, 0) is 61.4 Å². The molecule has 0 spiro atoms. The van der Waals surface area contributed by atoms with Gasteiger partial charge in [-0.2, -0.15) is 0 Å². The summed E-state index contributed by atoms with van der Waals surface area (Å²) in [5, 5.41) is 5.16. The van der Waals surface area contributed by atoms with Gasteiger partial charge in [0.25, 0.3) is 0 Å². The first kappa shape index (κ1) is 16.9. The van der Waals surface area contributed by atoms with Crippen molar-refractivity contribution in [1.82, 2.24) is 5.32 Å². The molecule has 1 heterocycles. The average molecular weight is 345 g/mol. The van der Waals surface area contributed by atoms with E-state index in [9.17, 15) is 18.4 Å². The van der Waals surface area contributed by atoms with Crippen molar-refractivity contribution in [3.8, 4) is 0 Å². The SMILES string of the molecule is Cc1cc(N2CC[C@H](NC(=O)Nc3ccc(F)cc3)C2=O)ccc1F. The van der Waals surface area contributed by atoms with Crippen molar-refractivity contribution < 1.29 is 18.4 Å². The van der Waals surface area contributed by atoms with Crippen LogP contribution in [0.2, 0.25) is 0 Å². The van der Waals surface area contributed by atoms with Crippen molar-refractivity contribution in [2.75, 3.05) is 16.8 Å². The van der Waals surface area contributed by atoms with E-state index in [-0.39, 0.29) is 11.7 Å². The highest BCUT2D eigenvalue weighted by Crippen LogP contribution is 2.24. The molecule has 25 heavy (non-hydrogen) atoms. The molecule has 2 N–H and O–H groups in total. The van der Waals surface area contributed by atoms with Gasteiger partial charge in [0.1, 0.15) is 17.7 Å². The number of nitrogens with one attached hydrogen (secondary N) is 2. The Morgan fingerprint density at radius 1 is 1.16 bits per heavy atom. The summed E-state index contributed by atoms with van der Waals surface area (Å²) in [5.74, 6) is -0.980. The number of amides is 3. The second-order valence-corrected chi connectivity index (χ2v) is 5.87. The maximum atomic E-state index is 13.4. The van der Waals surface area contributed by atoms with Gasteiger partial charge in [0.15, 0.2) is 0 Å². The van der Waals surface area contributed by atoms with Crippen LogP contribution in [0.3, 0.4) is 0 Å². The lowest BCUT2D eigenvalue weighted by atomic mass is 10.2. The van der Waals surface area contributed by atoms with E-state index in [4.69, 9.17) is 0 Å². The smallest absolute Gasteiger partial charge is 0.319 e. The van der Waals surface area contributed by atoms with Crippen molar-refractivity contribution >= 4 is 23.3 Å². The molecule has 1 atom stereocenters. The zero-order valence-electron chi connectivity index (χ0n) is 13.6. The van der Waals surface area contributed by atoms with Crippen molar-refractivity contribution in [1.29, 1.82) is 0 Å². The molecule has 1 aliphatic heterocycles. The van der Waals surface area contributed by atoms with Crippen molar-refractivity contribution in [3.05, 3.63) is 59.7 Å². The van der Waals surface area contributed by atoms with E-state index in [2.05, 4.69) is 10.6 Å². The summed E-state index contributed by atoms with van der Waals surface area (Å²) in [6, 6.07) is 8.59. The molecule has 3 amide bonds. The predicted molar refractivity (Wildman–Crippen MR) is 90.4 cm³/mol. The molecule has 0 unspecified atom stereocenters. The largest absolute Gasteiger partial charge is 0.326 e. The molecule has 0 bridgehead atoms. The van der Waals surface area contributed by atoms with Crippen LogP contribution in [0.25, 0.3) is 0 Å². The van der Waals surface area contributed by atoms with Gasteiger partial charge in [-0.3, -0.25) is 4.79 Å². The van der Waals surface area contributed by atoms with Crippen LogP contribution in [0, 0.1) is 18.6 Å². The number of hydrogen-bond acceptors (Lipinski definition) is 2. The topological polar surface area (TPSA) is 61.4 Å². The Kier molecular flexibility index (Phi) is 4.65. The second kappa shape index (κ2) is 6.88. The number of rotatable bonds is 3. The summed E-state index contributed by atoms with van der Waals surface area (Å²) in [7, 11) is 0. The lowest BCUT2D eigenvalue weighted by Gasteiger charge is -2.18. The molecule has 0 aliphatic carbocycles. The standard InChI is InChI=1S/C18H17F2N3O2/c1-11-10-14(6-7-15(11)20)23-9-8-16(17(23)24)22-18(25)21-13-4-2-12(19)3-5-13/h2-7,10,16H,8-9H2,1H3,(H2,21,22,25)/t16-/m0/s1.